The predicted molar refractivity (Wildman–Crippen MR) is 83.6 cm³/mol. The highest BCUT2D eigenvalue weighted by atomic mass is 16.3. The third-order valence-electron chi connectivity index (χ3n) is 3.44. The normalized spacial score (nSPS) is 12.6. The van der Waals surface area contributed by atoms with Gasteiger partial charge in [-0.05, 0) is 24.0 Å². The van der Waals surface area contributed by atoms with Crippen molar-refractivity contribution in [2.24, 2.45) is 5.92 Å². The molecule has 0 radical (unpaired) electrons. The molecular weight excluding hydrogens is 246 g/mol. The molecule has 2 N–H and O–H groups in total. The third-order valence-corrected chi connectivity index (χ3v) is 3.44. The molecule has 2 aromatic rings. The van der Waals surface area contributed by atoms with Crippen LogP contribution in [0, 0.1) is 5.92 Å². The molecule has 0 fully saturated rings. The van der Waals surface area contributed by atoms with E-state index in [-0.39, 0.29) is 0 Å². The number of phenols is 1. The first-order valence-corrected chi connectivity index (χ1v) is 7.22. The van der Waals surface area contributed by atoms with Crippen LogP contribution in [0.3, 0.4) is 0 Å². The fraction of sp³-hybridized carbons (Fsp3) is 0.333. The van der Waals surface area contributed by atoms with E-state index in [0.717, 1.165) is 12.0 Å². The average molecular weight is 269 g/mol. The van der Waals surface area contributed by atoms with Crippen LogP contribution in [0.2, 0.25) is 0 Å². The van der Waals surface area contributed by atoms with Crippen molar-refractivity contribution < 1.29 is 5.11 Å². The van der Waals surface area contributed by atoms with Crippen LogP contribution >= 0.6 is 0 Å². The fourth-order valence-electron chi connectivity index (χ4n) is 2.39. The van der Waals surface area contributed by atoms with E-state index in [4.69, 9.17) is 0 Å². The minimum Gasteiger partial charge on any atom is -0.508 e. The maximum atomic E-state index is 9.84. The van der Waals surface area contributed by atoms with Gasteiger partial charge in [-0.25, -0.2) is 0 Å². The standard InChI is InChI=1S/C18H23NO/c1-14(2)12-17(15-8-4-3-5-9-15)19-13-16-10-6-7-11-18(16)20/h3-11,14,17,19-20H,12-13H2,1-2H3. The summed E-state index contributed by atoms with van der Waals surface area (Å²) in [6.45, 7) is 5.15. The number of hydrogen-bond acceptors (Lipinski definition) is 2. The summed E-state index contributed by atoms with van der Waals surface area (Å²) in [5.41, 5.74) is 2.24. The molecule has 2 rings (SSSR count). The van der Waals surface area contributed by atoms with Crippen LogP contribution in [0.4, 0.5) is 0 Å². The van der Waals surface area contributed by atoms with Crippen molar-refractivity contribution >= 4 is 0 Å². The summed E-state index contributed by atoms with van der Waals surface area (Å²) in [5, 5.41) is 13.4. The lowest BCUT2D eigenvalue weighted by Crippen LogP contribution is -2.22. The van der Waals surface area contributed by atoms with Crippen LogP contribution in [0.1, 0.15) is 37.4 Å². The molecule has 0 aliphatic carbocycles. The predicted octanol–water partition coefficient (Wildman–Crippen LogP) is 4.27. The summed E-state index contributed by atoms with van der Waals surface area (Å²) < 4.78 is 0. The zero-order valence-corrected chi connectivity index (χ0v) is 12.2. The number of hydrogen-bond donors (Lipinski definition) is 2. The summed E-state index contributed by atoms with van der Waals surface area (Å²) in [4.78, 5) is 0. The molecule has 0 aromatic heterocycles. The minimum atomic E-state index is 0.316. The summed E-state index contributed by atoms with van der Waals surface area (Å²) in [6.07, 6.45) is 1.08. The fourth-order valence-corrected chi connectivity index (χ4v) is 2.39. The van der Waals surface area contributed by atoms with Gasteiger partial charge in [0.05, 0.1) is 0 Å². The minimum absolute atomic E-state index is 0.316. The molecule has 0 saturated heterocycles. The Labute approximate surface area is 121 Å². The summed E-state index contributed by atoms with van der Waals surface area (Å²) in [5.74, 6) is 0.980. The number of phenolic OH excluding ortho intramolecular Hbond substituents is 1. The Hall–Kier alpha value is -1.80. The van der Waals surface area contributed by atoms with Gasteiger partial charge < -0.3 is 10.4 Å². The Morgan fingerprint density at radius 3 is 2.25 bits per heavy atom. The maximum absolute atomic E-state index is 9.84. The third kappa shape index (κ3) is 4.10. The lowest BCUT2D eigenvalue weighted by atomic mass is 9.97. The molecule has 0 saturated carbocycles. The van der Waals surface area contributed by atoms with Crippen molar-refractivity contribution in [2.75, 3.05) is 0 Å². The van der Waals surface area contributed by atoms with E-state index in [2.05, 4.69) is 43.4 Å². The van der Waals surface area contributed by atoms with E-state index in [1.807, 2.05) is 24.3 Å². The van der Waals surface area contributed by atoms with Crippen LogP contribution in [0.25, 0.3) is 0 Å². The zero-order chi connectivity index (χ0) is 14.4. The first-order valence-electron chi connectivity index (χ1n) is 7.22. The summed E-state index contributed by atoms with van der Waals surface area (Å²) in [6, 6.07) is 18.3. The Bertz CT molecular complexity index is 522. The van der Waals surface area contributed by atoms with Gasteiger partial charge in [-0.2, -0.15) is 0 Å². The molecule has 20 heavy (non-hydrogen) atoms. The van der Waals surface area contributed by atoms with Crippen LogP contribution in [-0.2, 0) is 6.54 Å². The summed E-state index contributed by atoms with van der Waals surface area (Å²) in [7, 11) is 0. The van der Waals surface area contributed by atoms with Crippen LogP contribution in [-0.4, -0.2) is 5.11 Å². The molecule has 2 nitrogen and oxygen atoms in total. The quantitative estimate of drug-likeness (QED) is 0.821. The number of para-hydroxylation sites is 1. The van der Waals surface area contributed by atoms with Crippen LogP contribution < -0.4 is 5.32 Å². The van der Waals surface area contributed by atoms with Crippen molar-refractivity contribution in [1.29, 1.82) is 0 Å². The van der Waals surface area contributed by atoms with Crippen molar-refractivity contribution in [3.63, 3.8) is 0 Å². The lowest BCUT2D eigenvalue weighted by Gasteiger charge is -2.21. The van der Waals surface area contributed by atoms with E-state index in [0.29, 0.717) is 24.3 Å². The van der Waals surface area contributed by atoms with Gasteiger partial charge in [-0.15, -0.1) is 0 Å². The van der Waals surface area contributed by atoms with Crippen molar-refractivity contribution in [3.05, 3.63) is 65.7 Å². The molecule has 0 aliphatic rings. The zero-order valence-electron chi connectivity index (χ0n) is 12.2. The largest absolute Gasteiger partial charge is 0.508 e. The van der Waals surface area contributed by atoms with Gasteiger partial charge in [0, 0.05) is 18.2 Å². The monoisotopic (exact) mass is 269 g/mol. The first kappa shape index (κ1) is 14.6. The molecule has 0 heterocycles. The van der Waals surface area contributed by atoms with E-state index >= 15 is 0 Å². The number of rotatable bonds is 6. The number of nitrogens with one attached hydrogen (secondary N) is 1. The van der Waals surface area contributed by atoms with E-state index in [9.17, 15) is 5.11 Å². The van der Waals surface area contributed by atoms with Gasteiger partial charge >= 0.3 is 0 Å². The number of benzene rings is 2. The Balaban J connectivity index is 2.07. The Morgan fingerprint density at radius 2 is 1.60 bits per heavy atom. The van der Waals surface area contributed by atoms with Crippen LogP contribution in [0.15, 0.2) is 54.6 Å². The Kier molecular flexibility index (Phi) is 5.19. The van der Waals surface area contributed by atoms with Gasteiger partial charge in [0.1, 0.15) is 5.75 Å². The smallest absolute Gasteiger partial charge is 0.120 e. The highest BCUT2D eigenvalue weighted by Crippen LogP contribution is 2.23. The SMILES string of the molecule is CC(C)CC(NCc1ccccc1O)c1ccccc1. The van der Waals surface area contributed by atoms with E-state index in [1.54, 1.807) is 6.07 Å². The molecule has 1 unspecified atom stereocenters. The highest BCUT2D eigenvalue weighted by Gasteiger charge is 2.13. The van der Waals surface area contributed by atoms with Gasteiger partial charge in [-0.3, -0.25) is 0 Å². The second-order valence-corrected chi connectivity index (χ2v) is 5.60. The first-order chi connectivity index (χ1) is 9.66. The molecule has 0 bridgehead atoms. The molecular formula is C18H23NO. The Morgan fingerprint density at radius 1 is 0.950 bits per heavy atom. The number of aromatic hydroxyl groups is 1. The van der Waals surface area contributed by atoms with Crippen LogP contribution in [0.5, 0.6) is 5.75 Å². The highest BCUT2D eigenvalue weighted by molar-refractivity contribution is 5.31. The van der Waals surface area contributed by atoms with Gasteiger partial charge in [0.25, 0.3) is 0 Å². The second kappa shape index (κ2) is 7.11. The second-order valence-electron chi connectivity index (χ2n) is 5.60. The van der Waals surface area contributed by atoms with Crippen molar-refractivity contribution in [3.8, 4) is 5.75 Å². The van der Waals surface area contributed by atoms with E-state index in [1.165, 1.54) is 5.56 Å². The molecule has 2 aromatic carbocycles. The molecule has 106 valence electrons. The van der Waals surface area contributed by atoms with Gasteiger partial charge in [-0.1, -0.05) is 62.4 Å². The van der Waals surface area contributed by atoms with Crippen molar-refractivity contribution in [1.82, 2.24) is 5.32 Å². The maximum Gasteiger partial charge on any atom is 0.120 e. The molecule has 2 heteroatoms. The average Bonchev–Trinajstić information content (AvgIpc) is 2.45. The van der Waals surface area contributed by atoms with E-state index < -0.39 is 0 Å². The molecule has 0 spiro atoms. The van der Waals surface area contributed by atoms with Gasteiger partial charge in [0.15, 0.2) is 0 Å². The lowest BCUT2D eigenvalue weighted by molar-refractivity contribution is 0.418. The van der Waals surface area contributed by atoms with Gasteiger partial charge in [0.2, 0.25) is 0 Å². The topological polar surface area (TPSA) is 32.3 Å². The van der Waals surface area contributed by atoms with Crippen molar-refractivity contribution in [2.45, 2.75) is 32.9 Å². The molecule has 0 amide bonds. The molecule has 1 atom stereocenters. The molecule has 0 aliphatic heterocycles. The summed E-state index contributed by atoms with van der Waals surface area (Å²) >= 11 is 0.